The summed E-state index contributed by atoms with van der Waals surface area (Å²) < 4.78 is 42.5. The number of halogens is 4. The lowest BCUT2D eigenvalue weighted by Gasteiger charge is -2.10. The van der Waals surface area contributed by atoms with Crippen molar-refractivity contribution in [3.05, 3.63) is 35.1 Å². The number of hydrogen-bond donors (Lipinski definition) is 1. The second kappa shape index (κ2) is 5.92. The lowest BCUT2D eigenvalue weighted by molar-refractivity contribution is -0.135. The van der Waals surface area contributed by atoms with Gasteiger partial charge in [0.2, 0.25) is 0 Å². The van der Waals surface area contributed by atoms with Crippen LogP contribution >= 0.6 is 11.6 Å². The summed E-state index contributed by atoms with van der Waals surface area (Å²) in [5.41, 5.74) is -0.108. The molecule has 0 aliphatic carbocycles. The highest BCUT2D eigenvalue weighted by Crippen LogP contribution is 2.19. The predicted molar refractivity (Wildman–Crippen MR) is 60.4 cm³/mol. The average Bonchev–Trinajstić information content (AvgIpc) is 2.35. The molecule has 0 atom stereocenters. The first-order chi connectivity index (χ1) is 8.75. The van der Waals surface area contributed by atoms with E-state index in [1.165, 1.54) is 6.07 Å². The number of ether oxygens (including phenoxy) is 1. The van der Waals surface area contributed by atoms with Crippen LogP contribution in [0.25, 0.3) is 0 Å². The number of esters is 1. The van der Waals surface area contributed by atoms with Gasteiger partial charge >= 0.3 is 17.3 Å². The van der Waals surface area contributed by atoms with E-state index in [1.807, 2.05) is 0 Å². The Morgan fingerprint density at radius 1 is 1.42 bits per heavy atom. The molecule has 0 fully saturated rings. The molecule has 104 valence electrons. The Morgan fingerprint density at radius 2 is 2.05 bits per heavy atom. The zero-order chi connectivity index (χ0) is 14.6. The molecule has 8 heteroatoms. The third kappa shape index (κ3) is 4.13. The van der Waals surface area contributed by atoms with Crippen molar-refractivity contribution < 1.29 is 27.5 Å². The third-order valence-electron chi connectivity index (χ3n) is 2.16. The molecule has 0 radical (unpaired) electrons. The van der Waals surface area contributed by atoms with Crippen LogP contribution in [-0.2, 0) is 16.1 Å². The Kier molecular flexibility index (Phi) is 4.77. The minimum Gasteiger partial charge on any atom is -0.465 e. The lowest BCUT2D eigenvalue weighted by atomic mass is 10.1. The number of carbonyl (C=O) groups is 2. The van der Waals surface area contributed by atoms with Crippen molar-refractivity contribution in [2.45, 2.75) is 11.9 Å². The normalized spacial score (nSPS) is 11.0. The first kappa shape index (κ1) is 15.3. The second-order valence-electron chi connectivity index (χ2n) is 3.48. The molecule has 1 amide bonds. The Balaban J connectivity index is 2.84. The SMILES string of the molecule is COC(=O)c1ccc(F)c(CNC(=O)C(F)(F)Cl)c1. The molecule has 0 spiro atoms. The highest BCUT2D eigenvalue weighted by Gasteiger charge is 2.35. The van der Waals surface area contributed by atoms with E-state index in [1.54, 1.807) is 5.32 Å². The van der Waals surface area contributed by atoms with Gasteiger partial charge in [-0.25, -0.2) is 9.18 Å². The minimum atomic E-state index is -4.07. The van der Waals surface area contributed by atoms with E-state index >= 15 is 0 Å². The zero-order valence-corrected chi connectivity index (χ0v) is 10.4. The predicted octanol–water partition coefficient (Wildman–Crippen LogP) is 2.06. The van der Waals surface area contributed by atoms with Crippen molar-refractivity contribution in [2.75, 3.05) is 7.11 Å². The molecule has 4 nitrogen and oxygen atoms in total. The van der Waals surface area contributed by atoms with E-state index < -0.39 is 29.6 Å². The largest absolute Gasteiger partial charge is 0.465 e. The van der Waals surface area contributed by atoms with Crippen molar-refractivity contribution in [1.29, 1.82) is 0 Å². The number of amides is 1. The molecule has 0 bridgehead atoms. The summed E-state index contributed by atoms with van der Waals surface area (Å²) in [6.07, 6.45) is 0. The number of rotatable bonds is 4. The second-order valence-corrected chi connectivity index (χ2v) is 3.95. The Labute approximate surface area is 111 Å². The van der Waals surface area contributed by atoms with Crippen LogP contribution in [0.4, 0.5) is 13.2 Å². The van der Waals surface area contributed by atoms with Gasteiger partial charge in [-0.05, 0) is 29.8 Å². The fourth-order valence-corrected chi connectivity index (χ4v) is 1.30. The molecule has 1 aromatic carbocycles. The van der Waals surface area contributed by atoms with Gasteiger partial charge in [-0.3, -0.25) is 4.79 Å². The zero-order valence-electron chi connectivity index (χ0n) is 9.68. The third-order valence-corrected chi connectivity index (χ3v) is 2.34. The summed E-state index contributed by atoms with van der Waals surface area (Å²) in [4.78, 5) is 22.0. The van der Waals surface area contributed by atoms with Gasteiger partial charge in [0.1, 0.15) is 5.82 Å². The van der Waals surface area contributed by atoms with E-state index in [0.717, 1.165) is 19.2 Å². The van der Waals surface area contributed by atoms with Crippen molar-refractivity contribution in [2.24, 2.45) is 0 Å². The number of nitrogens with one attached hydrogen (secondary N) is 1. The van der Waals surface area contributed by atoms with Crippen LogP contribution in [-0.4, -0.2) is 24.4 Å². The van der Waals surface area contributed by atoms with Gasteiger partial charge in [0.15, 0.2) is 0 Å². The van der Waals surface area contributed by atoms with Crippen LogP contribution in [0.15, 0.2) is 18.2 Å². The van der Waals surface area contributed by atoms with E-state index in [9.17, 15) is 22.8 Å². The number of alkyl halides is 3. The summed E-state index contributed by atoms with van der Waals surface area (Å²) in [6, 6.07) is 3.23. The van der Waals surface area contributed by atoms with Crippen molar-refractivity contribution in [3.63, 3.8) is 0 Å². The molecular weight excluding hydrogens is 287 g/mol. The minimum absolute atomic E-state index is 0.0331. The molecule has 0 saturated carbocycles. The van der Waals surface area contributed by atoms with Gasteiger partial charge in [0.25, 0.3) is 0 Å². The number of hydrogen-bond acceptors (Lipinski definition) is 3. The maximum atomic E-state index is 13.4. The molecule has 0 heterocycles. The molecule has 0 aliphatic heterocycles. The summed E-state index contributed by atoms with van der Waals surface area (Å²) in [7, 11) is 1.14. The monoisotopic (exact) mass is 295 g/mol. The highest BCUT2D eigenvalue weighted by atomic mass is 35.5. The van der Waals surface area contributed by atoms with E-state index in [-0.39, 0.29) is 11.1 Å². The molecular formula is C11H9ClF3NO3. The fraction of sp³-hybridized carbons (Fsp3) is 0.273. The molecule has 1 aromatic rings. The van der Waals surface area contributed by atoms with Crippen molar-refractivity contribution in [3.8, 4) is 0 Å². The Bertz CT molecular complexity index is 502. The van der Waals surface area contributed by atoms with Crippen molar-refractivity contribution in [1.82, 2.24) is 5.32 Å². The number of methoxy groups -OCH3 is 1. The van der Waals surface area contributed by atoms with Crippen LogP contribution in [0.3, 0.4) is 0 Å². The topological polar surface area (TPSA) is 55.4 Å². The maximum absolute atomic E-state index is 13.4. The van der Waals surface area contributed by atoms with Gasteiger partial charge < -0.3 is 10.1 Å². The molecule has 0 aliphatic rings. The van der Waals surface area contributed by atoms with Crippen LogP contribution < -0.4 is 5.32 Å². The average molecular weight is 296 g/mol. The standard InChI is InChI=1S/C11H9ClF3NO3/c1-19-9(17)6-2-3-8(13)7(4-6)5-16-10(18)11(12,14)15/h2-4H,5H2,1H3,(H,16,18). The Morgan fingerprint density at radius 3 is 2.58 bits per heavy atom. The van der Waals surface area contributed by atoms with Gasteiger partial charge in [-0.1, -0.05) is 0 Å². The lowest BCUT2D eigenvalue weighted by Crippen LogP contribution is -2.35. The van der Waals surface area contributed by atoms with E-state index in [0.29, 0.717) is 0 Å². The fourth-order valence-electron chi connectivity index (χ4n) is 1.23. The summed E-state index contributed by atoms with van der Waals surface area (Å²) in [5, 5.41) is -2.32. The quantitative estimate of drug-likeness (QED) is 0.683. The Hall–Kier alpha value is -1.76. The first-order valence-corrected chi connectivity index (χ1v) is 5.35. The molecule has 1 rings (SSSR count). The van der Waals surface area contributed by atoms with Gasteiger partial charge in [0, 0.05) is 12.1 Å². The summed E-state index contributed by atoms with van der Waals surface area (Å²) >= 11 is 4.48. The van der Waals surface area contributed by atoms with Crippen molar-refractivity contribution >= 4 is 23.5 Å². The number of benzene rings is 1. The maximum Gasteiger partial charge on any atom is 0.399 e. The van der Waals surface area contributed by atoms with E-state index in [4.69, 9.17) is 0 Å². The van der Waals surface area contributed by atoms with Crippen LogP contribution in [0.1, 0.15) is 15.9 Å². The molecule has 0 aromatic heterocycles. The van der Waals surface area contributed by atoms with Gasteiger partial charge in [-0.2, -0.15) is 8.78 Å². The number of carbonyl (C=O) groups excluding carboxylic acids is 2. The van der Waals surface area contributed by atoms with Crippen LogP contribution in [0, 0.1) is 5.82 Å². The first-order valence-electron chi connectivity index (χ1n) is 4.97. The van der Waals surface area contributed by atoms with Crippen LogP contribution in [0.5, 0.6) is 0 Å². The van der Waals surface area contributed by atoms with Gasteiger partial charge in [0.05, 0.1) is 12.7 Å². The van der Waals surface area contributed by atoms with Crippen LogP contribution in [0.2, 0.25) is 0 Å². The molecule has 1 N–H and O–H groups in total. The van der Waals surface area contributed by atoms with Gasteiger partial charge in [-0.15, -0.1) is 0 Å². The molecule has 0 saturated heterocycles. The highest BCUT2D eigenvalue weighted by molar-refractivity contribution is 6.32. The smallest absolute Gasteiger partial charge is 0.399 e. The summed E-state index contributed by atoms with van der Waals surface area (Å²) in [6.45, 7) is -0.530. The summed E-state index contributed by atoms with van der Waals surface area (Å²) in [5.74, 6) is -3.22. The molecule has 19 heavy (non-hydrogen) atoms. The molecule has 0 unspecified atom stereocenters. The van der Waals surface area contributed by atoms with E-state index in [2.05, 4.69) is 16.3 Å².